The quantitative estimate of drug-likeness (QED) is 0.909. The van der Waals surface area contributed by atoms with Crippen molar-refractivity contribution < 1.29 is 0 Å². The molecule has 1 N–H and O–H groups in total. The number of hydrogen-bond acceptors (Lipinski definition) is 2. The van der Waals surface area contributed by atoms with Gasteiger partial charge in [0.15, 0.2) is 0 Å². The van der Waals surface area contributed by atoms with Crippen LogP contribution in [0.4, 0.5) is 0 Å². The standard InChI is InChI=1S/C18H27N3/c1-2-21-18-13-9-8-12-16(18)17(20-21)14-19-15-10-6-4-3-5-7-11-15/h8-9,12-13,15,19H,2-7,10-11,14H2,1H3. The molecule has 1 aromatic heterocycles. The van der Waals surface area contributed by atoms with Gasteiger partial charge in [0.2, 0.25) is 0 Å². The van der Waals surface area contributed by atoms with Gasteiger partial charge in [-0.05, 0) is 25.8 Å². The van der Waals surface area contributed by atoms with Crippen LogP contribution in [0.1, 0.15) is 57.6 Å². The van der Waals surface area contributed by atoms with Crippen LogP contribution >= 0.6 is 0 Å². The summed E-state index contributed by atoms with van der Waals surface area (Å²) in [7, 11) is 0. The molecule has 0 saturated heterocycles. The number of hydrogen-bond donors (Lipinski definition) is 1. The van der Waals surface area contributed by atoms with Crippen molar-refractivity contribution in [3.63, 3.8) is 0 Å². The summed E-state index contributed by atoms with van der Waals surface area (Å²) in [6.07, 6.45) is 9.65. The average Bonchev–Trinajstić information content (AvgIpc) is 2.84. The summed E-state index contributed by atoms with van der Waals surface area (Å²) in [6.45, 7) is 3.99. The van der Waals surface area contributed by atoms with Crippen LogP contribution in [0, 0.1) is 0 Å². The summed E-state index contributed by atoms with van der Waals surface area (Å²) in [5.41, 5.74) is 2.46. The lowest BCUT2D eigenvalue weighted by atomic mass is 9.96. The zero-order valence-corrected chi connectivity index (χ0v) is 13.1. The number of rotatable bonds is 4. The van der Waals surface area contributed by atoms with Crippen molar-refractivity contribution >= 4 is 10.9 Å². The first-order chi connectivity index (χ1) is 10.4. The van der Waals surface area contributed by atoms with E-state index in [0.29, 0.717) is 6.04 Å². The van der Waals surface area contributed by atoms with Gasteiger partial charge in [-0.2, -0.15) is 5.10 Å². The largest absolute Gasteiger partial charge is 0.308 e. The Bertz CT molecular complexity index is 565. The predicted molar refractivity (Wildman–Crippen MR) is 88.4 cm³/mol. The molecule has 2 aromatic rings. The molecule has 114 valence electrons. The number of aromatic nitrogens is 2. The Balaban J connectivity index is 1.69. The number of para-hydroxylation sites is 1. The van der Waals surface area contributed by atoms with E-state index in [4.69, 9.17) is 5.10 Å². The molecule has 0 bridgehead atoms. The van der Waals surface area contributed by atoms with Gasteiger partial charge >= 0.3 is 0 Å². The van der Waals surface area contributed by atoms with Gasteiger partial charge in [0.05, 0.1) is 11.2 Å². The highest BCUT2D eigenvalue weighted by atomic mass is 15.3. The monoisotopic (exact) mass is 285 g/mol. The van der Waals surface area contributed by atoms with E-state index in [2.05, 4.69) is 41.2 Å². The van der Waals surface area contributed by atoms with Crippen molar-refractivity contribution in [1.29, 1.82) is 0 Å². The Labute approximate surface area is 127 Å². The molecule has 0 aliphatic heterocycles. The fraction of sp³-hybridized carbons (Fsp3) is 0.611. The van der Waals surface area contributed by atoms with E-state index in [1.807, 2.05) is 0 Å². The van der Waals surface area contributed by atoms with Gasteiger partial charge in [-0.1, -0.05) is 50.3 Å². The van der Waals surface area contributed by atoms with E-state index in [-0.39, 0.29) is 0 Å². The number of nitrogens with one attached hydrogen (secondary N) is 1. The highest BCUT2D eigenvalue weighted by molar-refractivity contribution is 5.81. The zero-order chi connectivity index (χ0) is 14.5. The average molecular weight is 285 g/mol. The molecule has 1 heterocycles. The van der Waals surface area contributed by atoms with Crippen LogP contribution in [0.15, 0.2) is 24.3 Å². The summed E-state index contributed by atoms with van der Waals surface area (Å²) >= 11 is 0. The second-order valence-corrected chi connectivity index (χ2v) is 6.20. The Morgan fingerprint density at radius 2 is 1.81 bits per heavy atom. The molecular weight excluding hydrogens is 258 g/mol. The van der Waals surface area contributed by atoms with Crippen LogP contribution in [0.25, 0.3) is 10.9 Å². The molecule has 1 aromatic carbocycles. The maximum atomic E-state index is 4.79. The van der Waals surface area contributed by atoms with E-state index in [1.54, 1.807) is 0 Å². The zero-order valence-electron chi connectivity index (χ0n) is 13.1. The van der Waals surface area contributed by atoms with E-state index in [1.165, 1.54) is 61.5 Å². The molecule has 0 unspecified atom stereocenters. The third-order valence-electron chi connectivity index (χ3n) is 4.70. The summed E-state index contributed by atoms with van der Waals surface area (Å²) < 4.78 is 2.12. The van der Waals surface area contributed by atoms with Crippen molar-refractivity contribution in [1.82, 2.24) is 15.1 Å². The highest BCUT2D eigenvalue weighted by Gasteiger charge is 2.13. The van der Waals surface area contributed by atoms with Crippen molar-refractivity contribution in [3.05, 3.63) is 30.0 Å². The number of fused-ring (bicyclic) bond motifs is 1. The van der Waals surface area contributed by atoms with Crippen LogP contribution < -0.4 is 5.32 Å². The molecule has 0 atom stereocenters. The second-order valence-electron chi connectivity index (χ2n) is 6.20. The number of nitrogens with zero attached hydrogens (tertiary/aromatic N) is 2. The molecule has 3 nitrogen and oxygen atoms in total. The van der Waals surface area contributed by atoms with E-state index < -0.39 is 0 Å². The fourth-order valence-electron chi connectivity index (χ4n) is 3.47. The van der Waals surface area contributed by atoms with Gasteiger partial charge < -0.3 is 5.32 Å². The Hall–Kier alpha value is -1.35. The molecule has 0 spiro atoms. The first-order valence-corrected chi connectivity index (χ1v) is 8.56. The summed E-state index contributed by atoms with van der Waals surface area (Å²) in [4.78, 5) is 0. The van der Waals surface area contributed by atoms with Crippen LogP contribution in [-0.2, 0) is 13.1 Å². The molecular formula is C18H27N3. The summed E-state index contributed by atoms with van der Waals surface area (Å²) in [6, 6.07) is 9.26. The van der Waals surface area contributed by atoms with Gasteiger partial charge in [0.25, 0.3) is 0 Å². The van der Waals surface area contributed by atoms with Gasteiger partial charge in [0, 0.05) is 24.5 Å². The van der Waals surface area contributed by atoms with Gasteiger partial charge in [-0.3, -0.25) is 4.68 Å². The number of aryl methyl sites for hydroxylation is 1. The molecule has 3 heteroatoms. The van der Waals surface area contributed by atoms with Gasteiger partial charge in [-0.15, -0.1) is 0 Å². The molecule has 1 saturated carbocycles. The third kappa shape index (κ3) is 3.46. The van der Waals surface area contributed by atoms with Crippen LogP contribution in [0.2, 0.25) is 0 Å². The van der Waals surface area contributed by atoms with Gasteiger partial charge in [-0.25, -0.2) is 0 Å². The minimum Gasteiger partial charge on any atom is -0.308 e. The number of benzene rings is 1. The summed E-state index contributed by atoms with van der Waals surface area (Å²) in [5, 5.41) is 9.85. The van der Waals surface area contributed by atoms with Crippen LogP contribution in [-0.4, -0.2) is 15.8 Å². The Morgan fingerprint density at radius 3 is 2.57 bits per heavy atom. The predicted octanol–water partition coefficient (Wildman–Crippen LogP) is 4.26. The molecule has 3 rings (SSSR count). The van der Waals surface area contributed by atoms with Crippen LogP contribution in [0.3, 0.4) is 0 Å². The van der Waals surface area contributed by atoms with Crippen molar-refractivity contribution in [2.24, 2.45) is 0 Å². The van der Waals surface area contributed by atoms with E-state index in [9.17, 15) is 0 Å². The third-order valence-corrected chi connectivity index (χ3v) is 4.70. The lowest BCUT2D eigenvalue weighted by molar-refractivity contribution is 0.387. The van der Waals surface area contributed by atoms with Crippen molar-refractivity contribution in [3.8, 4) is 0 Å². The van der Waals surface area contributed by atoms with Crippen LogP contribution in [0.5, 0.6) is 0 Å². The molecule has 1 aliphatic rings. The normalized spacial score (nSPS) is 17.8. The Morgan fingerprint density at radius 1 is 1.10 bits per heavy atom. The second kappa shape index (κ2) is 7.08. The Kier molecular flexibility index (Phi) is 4.91. The lowest BCUT2D eigenvalue weighted by Crippen LogP contribution is -2.29. The fourth-order valence-corrected chi connectivity index (χ4v) is 3.47. The lowest BCUT2D eigenvalue weighted by Gasteiger charge is -2.20. The highest BCUT2D eigenvalue weighted by Crippen LogP contribution is 2.20. The van der Waals surface area contributed by atoms with Crippen molar-refractivity contribution in [2.45, 2.75) is 71.0 Å². The molecule has 21 heavy (non-hydrogen) atoms. The van der Waals surface area contributed by atoms with E-state index >= 15 is 0 Å². The van der Waals surface area contributed by atoms with Crippen molar-refractivity contribution in [2.75, 3.05) is 0 Å². The first-order valence-electron chi connectivity index (χ1n) is 8.56. The first kappa shape index (κ1) is 14.6. The molecule has 0 amide bonds. The topological polar surface area (TPSA) is 29.9 Å². The minimum atomic E-state index is 0.677. The van der Waals surface area contributed by atoms with Gasteiger partial charge in [0.1, 0.15) is 0 Å². The maximum absolute atomic E-state index is 4.79. The molecule has 0 radical (unpaired) electrons. The molecule has 1 fully saturated rings. The minimum absolute atomic E-state index is 0.677. The SMILES string of the molecule is CCn1nc(CNC2CCCCCCC2)c2ccccc21. The molecule has 1 aliphatic carbocycles. The smallest absolute Gasteiger partial charge is 0.0841 e. The van der Waals surface area contributed by atoms with E-state index in [0.717, 1.165) is 13.1 Å². The summed E-state index contributed by atoms with van der Waals surface area (Å²) in [5.74, 6) is 0. The maximum Gasteiger partial charge on any atom is 0.0841 e.